The van der Waals surface area contributed by atoms with Crippen LogP contribution < -0.4 is 0 Å². The fraction of sp³-hybridized carbons (Fsp3) is 0.556. The number of amides is 1. The van der Waals surface area contributed by atoms with E-state index >= 15 is 0 Å². The molecule has 0 saturated carbocycles. The first kappa shape index (κ1) is 17.2. The molecule has 24 heavy (non-hydrogen) atoms. The van der Waals surface area contributed by atoms with E-state index in [2.05, 4.69) is 31.1 Å². The molecule has 2 aromatic rings. The van der Waals surface area contributed by atoms with Crippen LogP contribution in [-0.4, -0.2) is 46.9 Å². The standard InChI is InChI=1S/C18H25N3O2S/c1-18(2,3)17-19-14(13-24-17)12-20-7-5-8-21(10-9-20)16(22)15-6-4-11-23-15/h4,6,11,13H,5,7-10,12H2,1-3H3. The van der Waals surface area contributed by atoms with Gasteiger partial charge in [-0.2, -0.15) is 0 Å². The molecule has 0 atom stereocenters. The lowest BCUT2D eigenvalue weighted by Crippen LogP contribution is -2.34. The summed E-state index contributed by atoms with van der Waals surface area (Å²) in [5, 5.41) is 3.35. The molecule has 1 fully saturated rings. The van der Waals surface area contributed by atoms with Crippen molar-refractivity contribution in [2.45, 2.75) is 39.2 Å². The smallest absolute Gasteiger partial charge is 0.289 e. The average Bonchev–Trinajstić information content (AvgIpc) is 3.15. The molecule has 3 rings (SSSR count). The van der Waals surface area contributed by atoms with Crippen molar-refractivity contribution in [2.24, 2.45) is 0 Å². The van der Waals surface area contributed by atoms with E-state index in [0.717, 1.165) is 44.8 Å². The molecule has 2 aromatic heterocycles. The number of nitrogens with zero attached hydrogens (tertiary/aromatic N) is 3. The fourth-order valence-corrected chi connectivity index (χ4v) is 3.74. The Morgan fingerprint density at radius 1 is 1.29 bits per heavy atom. The van der Waals surface area contributed by atoms with Gasteiger partial charge in [-0.15, -0.1) is 11.3 Å². The van der Waals surface area contributed by atoms with Crippen molar-refractivity contribution in [1.82, 2.24) is 14.8 Å². The van der Waals surface area contributed by atoms with Crippen LogP contribution in [0, 0.1) is 0 Å². The van der Waals surface area contributed by atoms with E-state index in [9.17, 15) is 4.79 Å². The van der Waals surface area contributed by atoms with Gasteiger partial charge in [0.1, 0.15) is 0 Å². The largest absolute Gasteiger partial charge is 0.459 e. The van der Waals surface area contributed by atoms with Crippen LogP contribution in [-0.2, 0) is 12.0 Å². The molecular weight excluding hydrogens is 322 g/mol. The molecule has 0 N–H and O–H groups in total. The van der Waals surface area contributed by atoms with Gasteiger partial charge in [-0.1, -0.05) is 20.8 Å². The van der Waals surface area contributed by atoms with Crippen LogP contribution in [0.3, 0.4) is 0 Å². The molecule has 0 aliphatic carbocycles. The second kappa shape index (κ2) is 7.07. The second-order valence-corrected chi connectivity index (χ2v) is 8.15. The third kappa shape index (κ3) is 4.05. The van der Waals surface area contributed by atoms with Crippen LogP contribution in [0.2, 0.25) is 0 Å². The number of aromatic nitrogens is 1. The number of hydrogen-bond donors (Lipinski definition) is 0. The number of thiazole rings is 1. The Morgan fingerprint density at radius 2 is 2.12 bits per heavy atom. The van der Waals surface area contributed by atoms with Gasteiger partial charge in [-0.25, -0.2) is 4.98 Å². The van der Waals surface area contributed by atoms with Crippen molar-refractivity contribution in [3.63, 3.8) is 0 Å². The minimum absolute atomic E-state index is 0.00877. The fourth-order valence-electron chi connectivity index (χ4n) is 2.84. The number of carbonyl (C=O) groups excluding carboxylic acids is 1. The van der Waals surface area contributed by atoms with Crippen molar-refractivity contribution in [3.8, 4) is 0 Å². The Balaban J connectivity index is 1.58. The van der Waals surface area contributed by atoms with Gasteiger partial charge in [-0.05, 0) is 18.6 Å². The normalized spacial score (nSPS) is 17.0. The molecule has 0 bridgehead atoms. The number of hydrogen-bond acceptors (Lipinski definition) is 5. The molecule has 1 saturated heterocycles. The van der Waals surface area contributed by atoms with E-state index in [1.54, 1.807) is 29.7 Å². The Morgan fingerprint density at radius 3 is 2.79 bits per heavy atom. The van der Waals surface area contributed by atoms with Gasteiger partial charge in [0.15, 0.2) is 5.76 Å². The maximum atomic E-state index is 12.4. The molecule has 1 aliphatic heterocycles. The molecule has 0 radical (unpaired) electrons. The van der Waals surface area contributed by atoms with Crippen molar-refractivity contribution < 1.29 is 9.21 Å². The quantitative estimate of drug-likeness (QED) is 0.854. The molecule has 6 heteroatoms. The molecule has 130 valence electrons. The summed E-state index contributed by atoms with van der Waals surface area (Å²) in [5.41, 5.74) is 1.24. The van der Waals surface area contributed by atoms with Crippen molar-refractivity contribution in [3.05, 3.63) is 40.2 Å². The molecule has 3 heterocycles. The second-order valence-electron chi connectivity index (χ2n) is 7.29. The summed E-state index contributed by atoms with van der Waals surface area (Å²) < 4.78 is 5.23. The highest BCUT2D eigenvalue weighted by Crippen LogP contribution is 2.26. The van der Waals surface area contributed by atoms with Crippen LogP contribution in [0.5, 0.6) is 0 Å². The Kier molecular flexibility index (Phi) is 5.06. The van der Waals surface area contributed by atoms with Gasteiger partial charge in [0.2, 0.25) is 0 Å². The number of furan rings is 1. The van der Waals surface area contributed by atoms with E-state index in [1.165, 1.54) is 5.01 Å². The van der Waals surface area contributed by atoms with E-state index in [4.69, 9.17) is 9.40 Å². The van der Waals surface area contributed by atoms with Crippen LogP contribution in [0.25, 0.3) is 0 Å². The van der Waals surface area contributed by atoms with Gasteiger partial charge in [-0.3, -0.25) is 9.69 Å². The summed E-state index contributed by atoms with van der Waals surface area (Å²) in [5.74, 6) is 0.420. The van der Waals surface area contributed by atoms with E-state index in [-0.39, 0.29) is 11.3 Å². The van der Waals surface area contributed by atoms with Gasteiger partial charge < -0.3 is 9.32 Å². The minimum atomic E-state index is -0.00877. The Hall–Kier alpha value is -1.66. The third-order valence-corrected chi connectivity index (χ3v) is 5.50. The van der Waals surface area contributed by atoms with Crippen LogP contribution in [0.1, 0.15) is 48.4 Å². The van der Waals surface area contributed by atoms with Gasteiger partial charge in [0.25, 0.3) is 5.91 Å². The number of carbonyl (C=O) groups is 1. The molecular formula is C18H25N3O2S. The molecule has 1 aliphatic rings. The highest BCUT2D eigenvalue weighted by molar-refractivity contribution is 7.09. The third-order valence-electron chi connectivity index (χ3n) is 4.19. The first-order chi connectivity index (χ1) is 11.4. The molecule has 0 spiro atoms. The minimum Gasteiger partial charge on any atom is -0.459 e. The monoisotopic (exact) mass is 347 g/mol. The summed E-state index contributed by atoms with van der Waals surface area (Å²) in [6.07, 6.45) is 2.52. The SMILES string of the molecule is CC(C)(C)c1nc(CN2CCCN(C(=O)c3ccco3)CC2)cs1. The van der Waals surface area contributed by atoms with Crippen LogP contribution in [0.4, 0.5) is 0 Å². The zero-order valence-electron chi connectivity index (χ0n) is 14.6. The van der Waals surface area contributed by atoms with E-state index < -0.39 is 0 Å². The maximum absolute atomic E-state index is 12.4. The lowest BCUT2D eigenvalue weighted by molar-refractivity contribution is 0.0729. The van der Waals surface area contributed by atoms with E-state index in [0.29, 0.717) is 5.76 Å². The number of rotatable bonds is 3. The molecule has 5 nitrogen and oxygen atoms in total. The summed E-state index contributed by atoms with van der Waals surface area (Å²) in [6.45, 7) is 10.8. The topological polar surface area (TPSA) is 49.6 Å². The summed E-state index contributed by atoms with van der Waals surface area (Å²) in [7, 11) is 0. The van der Waals surface area contributed by atoms with Crippen LogP contribution >= 0.6 is 11.3 Å². The highest BCUT2D eigenvalue weighted by atomic mass is 32.1. The van der Waals surface area contributed by atoms with Gasteiger partial charge >= 0.3 is 0 Å². The Labute approximate surface area is 147 Å². The zero-order chi connectivity index (χ0) is 17.2. The molecule has 0 aromatic carbocycles. The van der Waals surface area contributed by atoms with Gasteiger partial charge in [0, 0.05) is 43.5 Å². The first-order valence-electron chi connectivity index (χ1n) is 8.43. The van der Waals surface area contributed by atoms with Crippen molar-refractivity contribution in [2.75, 3.05) is 26.2 Å². The predicted molar refractivity (Wildman–Crippen MR) is 95.3 cm³/mol. The lowest BCUT2D eigenvalue weighted by Gasteiger charge is -2.20. The highest BCUT2D eigenvalue weighted by Gasteiger charge is 2.23. The lowest BCUT2D eigenvalue weighted by atomic mass is 9.98. The first-order valence-corrected chi connectivity index (χ1v) is 9.31. The molecule has 0 unspecified atom stereocenters. The maximum Gasteiger partial charge on any atom is 0.289 e. The van der Waals surface area contributed by atoms with Gasteiger partial charge in [0.05, 0.1) is 17.0 Å². The zero-order valence-corrected chi connectivity index (χ0v) is 15.4. The Bertz CT molecular complexity index is 673. The summed E-state index contributed by atoms with van der Waals surface area (Å²) >= 11 is 1.74. The van der Waals surface area contributed by atoms with Crippen molar-refractivity contribution in [1.29, 1.82) is 0 Å². The molecule has 1 amide bonds. The van der Waals surface area contributed by atoms with Crippen molar-refractivity contribution >= 4 is 17.2 Å². The van der Waals surface area contributed by atoms with E-state index in [1.807, 2.05) is 4.90 Å². The van der Waals surface area contributed by atoms with Crippen LogP contribution in [0.15, 0.2) is 28.2 Å². The summed E-state index contributed by atoms with van der Waals surface area (Å²) in [6, 6.07) is 3.49. The predicted octanol–water partition coefficient (Wildman–Crippen LogP) is 3.38. The summed E-state index contributed by atoms with van der Waals surface area (Å²) in [4.78, 5) is 21.5. The average molecular weight is 347 g/mol.